The molecule has 0 fully saturated rings. The first-order valence-electron chi connectivity index (χ1n) is 29.0. The van der Waals surface area contributed by atoms with Gasteiger partial charge in [0.05, 0.1) is 205 Å². The van der Waals surface area contributed by atoms with E-state index in [1.165, 1.54) is 33.4 Å². The van der Waals surface area contributed by atoms with E-state index in [0.717, 1.165) is 5.75 Å². The lowest BCUT2D eigenvalue weighted by molar-refractivity contribution is -0.0302. The molecule has 0 amide bonds. The maximum Gasteiger partial charge on any atom is 0.217 e. The van der Waals surface area contributed by atoms with Crippen molar-refractivity contribution in [1.29, 1.82) is 0 Å². The summed E-state index contributed by atoms with van der Waals surface area (Å²) < 4.78 is 125. The molecule has 4 N–H and O–H groups in total. The second-order valence-electron chi connectivity index (χ2n) is 18.7. The Morgan fingerprint density at radius 3 is 0.726 bits per heavy atom. The molecule has 4 aromatic rings. The van der Waals surface area contributed by atoms with Crippen LogP contribution in [0.5, 0.6) is 5.75 Å². The van der Waals surface area contributed by atoms with Crippen molar-refractivity contribution >= 4 is 10.4 Å². The Labute approximate surface area is 499 Å². The van der Waals surface area contributed by atoms with Gasteiger partial charge < -0.3 is 86.5 Å². The van der Waals surface area contributed by atoms with Crippen LogP contribution in [0, 0.1) is 0 Å². The Morgan fingerprint density at radius 2 is 0.500 bits per heavy atom. The maximum absolute atomic E-state index is 10.3. The van der Waals surface area contributed by atoms with Crippen molar-refractivity contribution in [2.75, 3.05) is 211 Å². The number of quaternary nitrogens is 1. The molecule has 0 aliphatic rings. The number of rotatable bonds is 56. The molecule has 4 aromatic carbocycles. The van der Waals surface area contributed by atoms with E-state index >= 15 is 0 Å². The topological polar surface area (TPSA) is 251 Å². The minimum absolute atomic E-state index is 0. The van der Waals surface area contributed by atoms with E-state index in [9.17, 15) is 13.0 Å². The smallest absolute Gasteiger partial charge is 0.217 e. The fraction of sp³-hybridized carbons (Fsp3) is 0.613. The number of hydrogen-bond donors (Lipinski definition) is 1. The van der Waals surface area contributed by atoms with Crippen LogP contribution in [0.3, 0.4) is 0 Å². The highest BCUT2D eigenvalue weighted by Gasteiger charge is 2.25. The fourth-order valence-corrected chi connectivity index (χ4v) is 8.39. The van der Waals surface area contributed by atoms with Crippen LogP contribution in [-0.2, 0) is 85.6 Å². The molecule has 0 radical (unpaired) electrons. The third kappa shape index (κ3) is 36.1. The summed E-state index contributed by atoms with van der Waals surface area (Å²) in [5.74, 6) is 1.36. The van der Waals surface area contributed by atoms with Crippen LogP contribution in [0.2, 0.25) is 0 Å². The first kappa shape index (κ1) is 74.2. The van der Waals surface area contributed by atoms with Gasteiger partial charge in [0.2, 0.25) is 10.4 Å². The van der Waals surface area contributed by atoms with Gasteiger partial charge in [0.25, 0.3) is 0 Å². The molecule has 3 unspecified atom stereocenters. The van der Waals surface area contributed by atoms with Gasteiger partial charge in [-0.05, 0) is 22.3 Å². The van der Waals surface area contributed by atoms with Gasteiger partial charge in [0.15, 0.2) is 0 Å². The largest absolute Gasteiger partial charge is 0.726 e. The highest BCUT2D eigenvalue weighted by molar-refractivity contribution is 7.80. The molecule has 0 spiro atoms. The third-order valence-electron chi connectivity index (χ3n) is 12.6. The summed E-state index contributed by atoms with van der Waals surface area (Å²) in [7, 11) is -4.69. The molecule has 0 saturated heterocycles. The monoisotopic (exact) mass is 1210 g/mol. The van der Waals surface area contributed by atoms with Gasteiger partial charge in [-0.1, -0.05) is 124 Å². The molecule has 3 atom stereocenters. The van der Waals surface area contributed by atoms with Gasteiger partial charge in [0.1, 0.15) is 12.4 Å². The minimum Gasteiger partial charge on any atom is -0.726 e. The Morgan fingerprint density at radius 1 is 0.298 bits per heavy atom. The Kier molecular flexibility index (Phi) is 44.1. The van der Waals surface area contributed by atoms with E-state index in [1.54, 1.807) is 0 Å². The van der Waals surface area contributed by atoms with Gasteiger partial charge in [0, 0.05) is 28.9 Å². The van der Waals surface area contributed by atoms with E-state index in [0.29, 0.717) is 192 Å². The van der Waals surface area contributed by atoms with E-state index in [1.807, 2.05) is 0 Å². The Balaban J connectivity index is 0.0000185. The summed E-state index contributed by atoms with van der Waals surface area (Å²) in [4.78, 5) is 0. The lowest BCUT2D eigenvalue weighted by Gasteiger charge is -2.26. The lowest BCUT2D eigenvalue weighted by atomic mass is 9.81. The maximum atomic E-state index is 10.3. The van der Waals surface area contributed by atoms with Gasteiger partial charge >= 0.3 is 0 Å². The van der Waals surface area contributed by atoms with Crippen LogP contribution < -0.4 is 10.9 Å². The quantitative estimate of drug-likeness (QED) is 0.0253. The minimum atomic E-state index is -4.69. The van der Waals surface area contributed by atoms with Crippen molar-refractivity contribution in [2.24, 2.45) is 0 Å². The molecule has 0 heterocycles. The molecule has 4 rings (SSSR count). The summed E-state index contributed by atoms with van der Waals surface area (Å²) in [5, 5.41) is 0. The molecule has 84 heavy (non-hydrogen) atoms. The SMILES string of the molecule is CC(c1ccccc1)c1cc(C(C)c2ccccc2)c(OCCOCCOCCOCCOCCOCCOCCOCCOCCOCCOCCOCCOCCOCCOCCOCCOS(=O)(=O)[O-])c(C(C)c2ccccc2)c1.[NH4+]. The average Bonchev–Trinajstić information content (AvgIpc) is 1.90. The molecule has 476 valence electrons. The van der Waals surface area contributed by atoms with Crippen molar-refractivity contribution < 1.29 is 92.9 Å². The Bertz CT molecular complexity index is 2170. The highest BCUT2D eigenvalue weighted by atomic mass is 32.3. The van der Waals surface area contributed by atoms with E-state index in [-0.39, 0.29) is 43.7 Å². The van der Waals surface area contributed by atoms with Crippen LogP contribution in [0.4, 0.5) is 0 Å². The van der Waals surface area contributed by atoms with Crippen molar-refractivity contribution in [2.45, 2.75) is 38.5 Å². The second kappa shape index (κ2) is 50.0. The fourth-order valence-electron chi connectivity index (χ4n) is 8.11. The Hall–Kier alpha value is -4.09. The van der Waals surface area contributed by atoms with E-state index < -0.39 is 10.4 Å². The zero-order valence-electron chi connectivity index (χ0n) is 50.2. The standard InChI is InChI=1S/C62H94O20S.H3N/c1-53(56-13-7-4-8-14-56)59-51-60(54(2)57-15-9-5-10-16-57)62(61(52-59)55(3)58-17-11-6-12-18-58)81-49-47-79-45-43-77-41-39-75-37-35-73-33-31-71-29-27-69-25-23-67-21-19-66-20-22-68-24-26-70-28-30-72-32-34-74-36-38-76-40-42-78-44-46-80-48-50-82-83(63,64)65;/h4-18,51-55H,19-50H2,1-3H3,(H,63,64,65);1H3. The summed E-state index contributed by atoms with van der Waals surface area (Å²) in [6.07, 6.45) is 0. The molecule has 0 aliphatic heterocycles. The number of hydrogen-bond acceptors (Lipinski definition) is 20. The van der Waals surface area contributed by atoms with E-state index in [2.05, 4.69) is 128 Å². The molecular weight excluding hydrogens is 1110 g/mol. The van der Waals surface area contributed by atoms with Crippen molar-refractivity contribution in [1.82, 2.24) is 6.15 Å². The zero-order chi connectivity index (χ0) is 58.9. The summed E-state index contributed by atoms with van der Waals surface area (Å²) in [6, 6.07) is 36.7. The zero-order valence-corrected chi connectivity index (χ0v) is 51.1. The number of benzene rings is 4. The lowest BCUT2D eigenvalue weighted by Crippen LogP contribution is -2.16. The average molecular weight is 1210 g/mol. The van der Waals surface area contributed by atoms with Gasteiger partial charge in [-0.3, -0.25) is 4.18 Å². The predicted octanol–water partition coefficient (Wildman–Crippen LogP) is 7.62. The van der Waals surface area contributed by atoms with Crippen LogP contribution in [0.15, 0.2) is 103 Å². The third-order valence-corrected chi connectivity index (χ3v) is 13.1. The normalized spacial score (nSPS) is 12.8. The second-order valence-corrected chi connectivity index (χ2v) is 19.7. The van der Waals surface area contributed by atoms with Crippen molar-refractivity contribution in [3.63, 3.8) is 0 Å². The van der Waals surface area contributed by atoms with Crippen molar-refractivity contribution in [3.05, 3.63) is 137 Å². The highest BCUT2D eigenvalue weighted by Crippen LogP contribution is 2.42. The summed E-state index contributed by atoms with van der Waals surface area (Å²) in [6.45, 7) is 19.8. The van der Waals surface area contributed by atoms with Crippen LogP contribution in [0.25, 0.3) is 0 Å². The molecule has 0 aliphatic carbocycles. The first-order valence-corrected chi connectivity index (χ1v) is 30.3. The molecule has 0 bridgehead atoms. The van der Waals surface area contributed by atoms with Gasteiger partial charge in [-0.15, -0.1) is 0 Å². The summed E-state index contributed by atoms with van der Waals surface area (Å²) >= 11 is 0. The predicted molar refractivity (Wildman–Crippen MR) is 318 cm³/mol. The first-order chi connectivity index (χ1) is 40.7. The van der Waals surface area contributed by atoms with Crippen LogP contribution >= 0.6 is 0 Å². The van der Waals surface area contributed by atoms with Gasteiger partial charge in [-0.25, -0.2) is 8.42 Å². The van der Waals surface area contributed by atoms with Crippen LogP contribution in [-0.4, -0.2) is 224 Å². The molecular formula is C62H97NO20S. The molecule has 21 nitrogen and oxygen atoms in total. The summed E-state index contributed by atoms with van der Waals surface area (Å²) in [5.41, 5.74) is 7.39. The molecule has 0 saturated carbocycles. The van der Waals surface area contributed by atoms with Gasteiger partial charge in [-0.2, -0.15) is 0 Å². The molecule has 22 heteroatoms. The number of ether oxygens (including phenoxy) is 16. The van der Waals surface area contributed by atoms with Crippen LogP contribution in [0.1, 0.15) is 71.9 Å². The van der Waals surface area contributed by atoms with E-state index in [4.69, 9.17) is 75.8 Å². The van der Waals surface area contributed by atoms with Crippen molar-refractivity contribution in [3.8, 4) is 5.75 Å². The molecule has 0 aromatic heterocycles.